The van der Waals surface area contributed by atoms with E-state index < -0.39 is 22.5 Å². The van der Waals surface area contributed by atoms with Gasteiger partial charge in [-0.1, -0.05) is 22.0 Å². The van der Waals surface area contributed by atoms with Crippen molar-refractivity contribution < 1.29 is 17.9 Å². The van der Waals surface area contributed by atoms with Gasteiger partial charge in [0, 0.05) is 8.04 Å². The lowest BCUT2D eigenvalue weighted by molar-refractivity contribution is -0.145. The molecule has 0 spiro atoms. The number of carbonyl (C=O) groups is 1. The van der Waals surface area contributed by atoms with Crippen LogP contribution in [-0.4, -0.2) is 27.0 Å². The molecule has 0 saturated heterocycles. The second-order valence-corrected chi connectivity index (χ2v) is 9.51. The smallest absolute Gasteiger partial charge is 0.327 e. The fourth-order valence-electron chi connectivity index (χ4n) is 2.10. The van der Waals surface area contributed by atoms with Gasteiger partial charge in [-0.2, -0.15) is 0 Å². The number of nitrogens with zero attached hydrogens (tertiary/aromatic N) is 1. The third kappa shape index (κ3) is 5.42. The molecule has 0 aromatic heterocycles. The molecule has 0 unspecified atom stereocenters. The number of sulfonamides is 1. The average molecular weight is 538 g/mol. The van der Waals surface area contributed by atoms with Gasteiger partial charge in [0.25, 0.3) is 10.0 Å². The van der Waals surface area contributed by atoms with E-state index in [-0.39, 0.29) is 11.0 Å². The minimum atomic E-state index is -3.91. The molecule has 2 aromatic rings. The van der Waals surface area contributed by atoms with Crippen molar-refractivity contribution in [3.8, 4) is 0 Å². The molecule has 0 atom stereocenters. The highest BCUT2D eigenvalue weighted by Gasteiger charge is 2.28. The minimum absolute atomic E-state index is 0.104. The summed E-state index contributed by atoms with van der Waals surface area (Å²) in [5, 5.41) is 0. The summed E-state index contributed by atoms with van der Waals surface area (Å²) >= 11 is 5.38. The normalized spacial score (nSPS) is 11.4. The van der Waals surface area contributed by atoms with Crippen LogP contribution in [0.1, 0.15) is 13.8 Å². The molecule has 0 bridgehead atoms. The Kier molecular flexibility index (Phi) is 6.86. The Labute approximate surface area is 169 Å². The van der Waals surface area contributed by atoms with Crippen LogP contribution in [0, 0.1) is 3.57 Å². The van der Waals surface area contributed by atoms with Crippen LogP contribution in [-0.2, 0) is 19.6 Å². The van der Waals surface area contributed by atoms with E-state index >= 15 is 0 Å². The Morgan fingerprint density at radius 1 is 1.20 bits per heavy atom. The van der Waals surface area contributed by atoms with Gasteiger partial charge in [0.1, 0.15) is 6.54 Å². The van der Waals surface area contributed by atoms with Crippen molar-refractivity contribution in [3.63, 3.8) is 0 Å². The van der Waals surface area contributed by atoms with Crippen molar-refractivity contribution in [2.45, 2.75) is 24.8 Å². The second kappa shape index (κ2) is 8.50. The van der Waals surface area contributed by atoms with E-state index in [1.165, 1.54) is 12.1 Å². The lowest BCUT2D eigenvalue weighted by atomic mass is 10.3. The lowest BCUT2D eigenvalue weighted by Crippen LogP contribution is -2.37. The Balaban J connectivity index is 2.46. The first kappa shape index (κ1) is 20.2. The van der Waals surface area contributed by atoms with Crippen molar-refractivity contribution in [3.05, 3.63) is 56.6 Å². The molecule has 0 saturated carbocycles. The van der Waals surface area contributed by atoms with Crippen LogP contribution in [0.25, 0.3) is 0 Å². The summed E-state index contributed by atoms with van der Waals surface area (Å²) in [6.45, 7) is 3.05. The molecule has 134 valence electrons. The maximum atomic E-state index is 13.1. The third-order valence-corrected chi connectivity index (χ3v) is 6.13. The molecule has 5 nitrogen and oxygen atoms in total. The van der Waals surface area contributed by atoms with Crippen LogP contribution in [0.2, 0.25) is 0 Å². The van der Waals surface area contributed by atoms with Crippen LogP contribution in [0.3, 0.4) is 0 Å². The first-order valence-corrected chi connectivity index (χ1v) is 10.7. The molecular weight excluding hydrogens is 521 g/mol. The molecule has 0 fully saturated rings. The highest BCUT2D eigenvalue weighted by atomic mass is 127. The zero-order valence-corrected chi connectivity index (χ0v) is 18.2. The number of carbonyl (C=O) groups excluding carboxylic acids is 1. The van der Waals surface area contributed by atoms with Gasteiger partial charge in [-0.05, 0) is 78.9 Å². The number of halogens is 2. The Morgan fingerprint density at radius 3 is 2.40 bits per heavy atom. The van der Waals surface area contributed by atoms with Crippen LogP contribution in [0.15, 0.2) is 57.9 Å². The van der Waals surface area contributed by atoms with Gasteiger partial charge in [0.05, 0.1) is 16.7 Å². The monoisotopic (exact) mass is 537 g/mol. The number of rotatable bonds is 6. The quantitative estimate of drug-likeness (QED) is 0.409. The van der Waals surface area contributed by atoms with E-state index in [1.54, 1.807) is 44.2 Å². The number of esters is 1. The van der Waals surface area contributed by atoms with Gasteiger partial charge in [-0.3, -0.25) is 9.10 Å². The van der Waals surface area contributed by atoms with E-state index in [0.29, 0.717) is 5.69 Å². The summed E-state index contributed by atoms with van der Waals surface area (Å²) in [6.07, 6.45) is -0.319. The molecule has 0 radical (unpaired) electrons. The largest absolute Gasteiger partial charge is 0.462 e. The van der Waals surface area contributed by atoms with Crippen molar-refractivity contribution in [1.82, 2.24) is 0 Å². The summed E-state index contributed by atoms with van der Waals surface area (Å²) in [5.74, 6) is -0.602. The molecule has 2 rings (SSSR count). The SMILES string of the molecule is CC(C)OC(=O)CN(c1cccc(I)c1)S(=O)(=O)c1ccc(Br)cc1. The molecule has 0 N–H and O–H groups in total. The molecule has 0 heterocycles. The minimum Gasteiger partial charge on any atom is -0.462 e. The van der Waals surface area contributed by atoms with Gasteiger partial charge < -0.3 is 4.74 Å². The molecule has 0 aliphatic carbocycles. The number of hydrogen-bond acceptors (Lipinski definition) is 4. The van der Waals surface area contributed by atoms with Crippen molar-refractivity contribution in [2.75, 3.05) is 10.8 Å². The van der Waals surface area contributed by atoms with Crippen molar-refractivity contribution in [2.24, 2.45) is 0 Å². The predicted octanol–water partition coefficient (Wildman–Crippen LogP) is 4.20. The lowest BCUT2D eigenvalue weighted by Gasteiger charge is -2.24. The summed E-state index contributed by atoms with van der Waals surface area (Å²) < 4.78 is 34.0. The van der Waals surface area contributed by atoms with Crippen LogP contribution >= 0.6 is 38.5 Å². The van der Waals surface area contributed by atoms with Gasteiger partial charge in [-0.25, -0.2) is 8.42 Å². The van der Waals surface area contributed by atoms with E-state index in [4.69, 9.17) is 4.74 Å². The summed E-state index contributed by atoms with van der Waals surface area (Å²) in [7, 11) is -3.91. The van der Waals surface area contributed by atoms with Crippen molar-refractivity contribution >= 4 is 60.2 Å². The molecule has 0 aliphatic rings. The van der Waals surface area contributed by atoms with Crippen LogP contribution in [0.4, 0.5) is 5.69 Å². The highest BCUT2D eigenvalue weighted by molar-refractivity contribution is 14.1. The predicted molar refractivity (Wildman–Crippen MR) is 109 cm³/mol. The van der Waals surface area contributed by atoms with E-state index in [1.807, 2.05) is 6.07 Å². The van der Waals surface area contributed by atoms with Gasteiger partial charge in [-0.15, -0.1) is 0 Å². The molecule has 25 heavy (non-hydrogen) atoms. The fourth-order valence-corrected chi connectivity index (χ4v) is 4.29. The Hall–Kier alpha value is -1.13. The van der Waals surface area contributed by atoms with Gasteiger partial charge in [0.2, 0.25) is 0 Å². The topological polar surface area (TPSA) is 63.7 Å². The molecule has 8 heteroatoms. The number of hydrogen-bond donors (Lipinski definition) is 0. The molecule has 0 aliphatic heterocycles. The average Bonchev–Trinajstić information content (AvgIpc) is 2.52. The summed E-state index contributed by atoms with van der Waals surface area (Å²) in [6, 6.07) is 13.2. The van der Waals surface area contributed by atoms with Gasteiger partial charge in [0.15, 0.2) is 0 Å². The molecular formula is C17H17BrINO4S. The highest BCUT2D eigenvalue weighted by Crippen LogP contribution is 2.26. The van der Waals surface area contributed by atoms with Crippen LogP contribution in [0.5, 0.6) is 0 Å². The first-order chi connectivity index (χ1) is 11.7. The Bertz CT molecular complexity index is 853. The summed E-state index contributed by atoms with van der Waals surface area (Å²) in [4.78, 5) is 12.2. The third-order valence-electron chi connectivity index (χ3n) is 3.14. The zero-order valence-electron chi connectivity index (χ0n) is 13.6. The first-order valence-electron chi connectivity index (χ1n) is 7.43. The fraction of sp³-hybridized carbons (Fsp3) is 0.235. The maximum absolute atomic E-state index is 13.1. The number of benzene rings is 2. The number of anilines is 1. The summed E-state index contributed by atoms with van der Waals surface area (Å²) in [5.41, 5.74) is 0.413. The molecule has 2 aromatic carbocycles. The zero-order chi connectivity index (χ0) is 18.6. The van der Waals surface area contributed by atoms with E-state index in [9.17, 15) is 13.2 Å². The number of ether oxygens (including phenoxy) is 1. The van der Waals surface area contributed by atoms with Crippen LogP contribution < -0.4 is 4.31 Å². The maximum Gasteiger partial charge on any atom is 0.327 e. The molecule has 0 amide bonds. The Morgan fingerprint density at radius 2 is 1.84 bits per heavy atom. The van der Waals surface area contributed by atoms with Gasteiger partial charge >= 0.3 is 5.97 Å². The second-order valence-electron chi connectivity index (χ2n) is 5.48. The van der Waals surface area contributed by atoms with Crippen molar-refractivity contribution in [1.29, 1.82) is 0 Å². The van der Waals surface area contributed by atoms with E-state index in [0.717, 1.165) is 12.3 Å². The van der Waals surface area contributed by atoms with E-state index in [2.05, 4.69) is 38.5 Å². The standard InChI is InChI=1S/C17H17BrINO4S/c1-12(2)24-17(21)11-20(15-5-3-4-14(19)10-15)25(22,23)16-8-6-13(18)7-9-16/h3-10,12H,11H2,1-2H3.